The number of likely N-dealkylation sites (tertiary alicyclic amines) is 1. The van der Waals surface area contributed by atoms with Crippen molar-refractivity contribution in [3.05, 3.63) is 35.4 Å². The minimum Gasteiger partial charge on any atom is -0.384 e. The Kier molecular flexibility index (Phi) is 5.28. The Balaban J connectivity index is 1.57. The van der Waals surface area contributed by atoms with Crippen LogP contribution in [0.2, 0.25) is 0 Å². The first-order valence-corrected chi connectivity index (χ1v) is 8.36. The highest BCUT2D eigenvalue weighted by molar-refractivity contribution is 5.27. The summed E-state index contributed by atoms with van der Waals surface area (Å²) in [6.07, 6.45) is 5.33. The molecule has 1 saturated carbocycles. The van der Waals surface area contributed by atoms with E-state index in [0.29, 0.717) is 5.92 Å². The predicted octanol–water partition coefficient (Wildman–Crippen LogP) is 2.80. The number of nitrogens with zero attached hydrogens (tertiary/aromatic N) is 1. The van der Waals surface area contributed by atoms with Gasteiger partial charge < -0.3 is 10.1 Å². The molecule has 1 N–H and O–H groups in total. The van der Waals surface area contributed by atoms with Gasteiger partial charge in [0.25, 0.3) is 0 Å². The van der Waals surface area contributed by atoms with Crippen LogP contribution in [0.15, 0.2) is 24.3 Å². The van der Waals surface area contributed by atoms with Gasteiger partial charge in [-0.2, -0.15) is 0 Å². The Hall–Kier alpha value is -0.900. The Morgan fingerprint density at radius 2 is 2.00 bits per heavy atom. The van der Waals surface area contributed by atoms with Crippen molar-refractivity contribution in [1.29, 1.82) is 0 Å². The maximum Gasteiger partial charge on any atom is 0.0502 e. The van der Waals surface area contributed by atoms with Crippen molar-refractivity contribution in [2.45, 2.75) is 44.8 Å². The van der Waals surface area contributed by atoms with Crippen molar-refractivity contribution < 1.29 is 4.74 Å². The molecule has 1 saturated heterocycles. The molecule has 1 unspecified atom stereocenters. The van der Waals surface area contributed by atoms with E-state index >= 15 is 0 Å². The highest BCUT2D eigenvalue weighted by atomic mass is 16.5. The van der Waals surface area contributed by atoms with Gasteiger partial charge in [0.05, 0.1) is 6.61 Å². The molecule has 3 nitrogen and oxygen atoms in total. The largest absolute Gasteiger partial charge is 0.384 e. The molecule has 1 aliphatic heterocycles. The van der Waals surface area contributed by atoms with Crippen LogP contribution in [-0.4, -0.2) is 37.7 Å². The highest BCUT2D eigenvalue weighted by Gasteiger charge is 2.22. The molecule has 1 heterocycles. The van der Waals surface area contributed by atoms with Crippen molar-refractivity contribution in [1.82, 2.24) is 10.2 Å². The van der Waals surface area contributed by atoms with Crippen molar-refractivity contribution in [3.8, 4) is 0 Å². The van der Waals surface area contributed by atoms with Crippen molar-refractivity contribution in [2.24, 2.45) is 5.92 Å². The molecule has 2 aliphatic rings. The highest BCUT2D eigenvalue weighted by Crippen LogP contribution is 2.22. The molecule has 1 aromatic carbocycles. The Labute approximate surface area is 128 Å². The monoisotopic (exact) mass is 288 g/mol. The summed E-state index contributed by atoms with van der Waals surface area (Å²) < 4.78 is 5.34. The van der Waals surface area contributed by atoms with E-state index in [-0.39, 0.29) is 0 Å². The van der Waals surface area contributed by atoms with Gasteiger partial charge in [0.15, 0.2) is 0 Å². The van der Waals surface area contributed by atoms with Gasteiger partial charge in [-0.25, -0.2) is 0 Å². The average Bonchev–Trinajstić information content (AvgIpc) is 3.31. The van der Waals surface area contributed by atoms with Crippen molar-refractivity contribution >= 4 is 0 Å². The first-order valence-electron chi connectivity index (χ1n) is 8.36. The van der Waals surface area contributed by atoms with E-state index in [1.165, 1.54) is 49.9 Å². The number of rotatable bonds is 7. The normalized spacial score (nSPS) is 23.4. The van der Waals surface area contributed by atoms with Gasteiger partial charge in [-0.1, -0.05) is 24.3 Å². The third-order valence-corrected chi connectivity index (χ3v) is 4.68. The second-order valence-electron chi connectivity index (χ2n) is 6.62. The van der Waals surface area contributed by atoms with E-state index in [9.17, 15) is 0 Å². The summed E-state index contributed by atoms with van der Waals surface area (Å²) in [4.78, 5) is 2.60. The molecule has 3 heteroatoms. The predicted molar refractivity (Wildman–Crippen MR) is 86.2 cm³/mol. The zero-order chi connectivity index (χ0) is 14.5. The van der Waals surface area contributed by atoms with E-state index in [1.807, 2.05) is 7.11 Å². The zero-order valence-electron chi connectivity index (χ0n) is 13.2. The topological polar surface area (TPSA) is 24.5 Å². The van der Waals surface area contributed by atoms with Gasteiger partial charge in [0.2, 0.25) is 0 Å². The van der Waals surface area contributed by atoms with E-state index < -0.39 is 0 Å². The number of methoxy groups -OCH3 is 1. The maximum absolute atomic E-state index is 5.34. The fourth-order valence-electron chi connectivity index (χ4n) is 3.33. The van der Waals surface area contributed by atoms with Crippen LogP contribution < -0.4 is 5.32 Å². The third kappa shape index (κ3) is 4.53. The molecule has 3 rings (SSSR count). The van der Waals surface area contributed by atoms with Crippen LogP contribution in [0.3, 0.4) is 0 Å². The van der Waals surface area contributed by atoms with Crippen molar-refractivity contribution in [2.75, 3.05) is 26.8 Å². The van der Waals surface area contributed by atoms with Crippen LogP contribution >= 0.6 is 0 Å². The minimum atomic E-state index is 0.709. The fraction of sp³-hybridized carbons (Fsp3) is 0.667. The van der Waals surface area contributed by atoms with E-state index in [1.54, 1.807) is 0 Å². The molecular weight excluding hydrogens is 260 g/mol. The molecule has 2 fully saturated rings. The number of benzene rings is 1. The smallest absolute Gasteiger partial charge is 0.0502 e. The van der Waals surface area contributed by atoms with Crippen LogP contribution in [0.1, 0.15) is 36.8 Å². The Morgan fingerprint density at radius 1 is 1.19 bits per heavy atom. The Morgan fingerprint density at radius 3 is 2.76 bits per heavy atom. The Bertz CT molecular complexity index is 443. The minimum absolute atomic E-state index is 0.709. The van der Waals surface area contributed by atoms with Crippen LogP contribution in [0.5, 0.6) is 0 Å². The third-order valence-electron chi connectivity index (χ3n) is 4.68. The summed E-state index contributed by atoms with van der Waals surface area (Å²) in [6, 6.07) is 9.69. The van der Waals surface area contributed by atoms with Crippen LogP contribution in [0.4, 0.5) is 0 Å². The van der Waals surface area contributed by atoms with Gasteiger partial charge in [0.1, 0.15) is 0 Å². The lowest BCUT2D eigenvalue weighted by atomic mass is 9.97. The van der Waals surface area contributed by atoms with Gasteiger partial charge >= 0.3 is 0 Å². The fourth-order valence-corrected chi connectivity index (χ4v) is 3.33. The van der Waals surface area contributed by atoms with E-state index in [0.717, 1.165) is 25.7 Å². The lowest BCUT2D eigenvalue weighted by Crippen LogP contribution is -2.36. The van der Waals surface area contributed by atoms with E-state index in [4.69, 9.17) is 4.74 Å². The van der Waals surface area contributed by atoms with Crippen LogP contribution in [0, 0.1) is 5.92 Å². The molecule has 0 amide bonds. The number of nitrogens with one attached hydrogen (secondary N) is 1. The van der Waals surface area contributed by atoms with Gasteiger partial charge in [0, 0.05) is 32.8 Å². The molecule has 116 valence electrons. The second-order valence-corrected chi connectivity index (χ2v) is 6.62. The lowest BCUT2D eigenvalue weighted by Gasteiger charge is -2.32. The zero-order valence-corrected chi connectivity index (χ0v) is 13.2. The molecule has 0 bridgehead atoms. The standard InChI is InChI=1S/C18H28N2O/c1-21-14-15-5-4-10-20(12-15)13-17-7-3-2-6-16(17)11-19-18-8-9-18/h2-3,6-7,15,18-19H,4-5,8-14H2,1H3. The molecule has 0 spiro atoms. The molecular formula is C18H28N2O. The molecule has 1 atom stereocenters. The van der Waals surface area contributed by atoms with Gasteiger partial charge in [-0.05, 0) is 49.3 Å². The lowest BCUT2D eigenvalue weighted by molar-refractivity contribution is 0.0872. The average molecular weight is 288 g/mol. The summed E-state index contributed by atoms with van der Waals surface area (Å²) >= 11 is 0. The number of piperidine rings is 1. The first-order chi connectivity index (χ1) is 10.3. The number of hydrogen-bond donors (Lipinski definition) is 1. The molecule has 1 aromatic rings. The molecule has 0 aromatic heterocycles. The SMILES string of the molecule is COCC1CCCN(Cc2ccccc2CNC2CC2)C1. The summed E-state index contributed by atoms with van der Waals surface area (Å²) in [6.45, 7) is 5.42. The summed E-state index contributed by atoms with van der Waals surface area (Å²) in [7, 11) is 1.82. The number of ether oxygens (including phenoxy) is 1. The maximum atomic E-state index is 5.34. The summed E-state index contributed by atoms with van der Waals surface area (Å²) in [5, 5.41) is 3.64. The first kappa shape index (κ1) is 15.0. The molecule has 0 radical (unpaired) electrons. The second kappa shape index (κ2) is 7.39. The molecule has 21 heavy (non-hydrogen) atoms. The molecule has 1 aliphatic carbocycles. The van der Waals surface area contributed by atoms with Gasteiger partial charge in [-0.3, -0.25) is 4.90 Å². The van der Waals surface area contributed by atoms with E-state index in [2.05, 4.69) is 34.5 Å². The summed E-state index contributed by atoms with van der Waals surface area (Å²) in [5.41, 5.74) is 2.96. The van der Waals surface area contributed by atoms with Crippen LogP contribution in [-0.2, 0) is 17.8 Å². The van der Waals surface area contributed by atoms with Crippen molar-refractivity contribution in [3.63, 3.8) is 0 Å². The number of hydrogen-bond acceptors (Lipinski definition) is 3. The van der Waals surface area contributed by atoms with Gasteiger partial charge in [-0.15, -0.1) is 0 Å². The summed E-state index contributed by atoms with van der Waals surface area (Å²) in [5.74, 6) is 0.709. The quantitative estimate of drug-likeness (QED) is 0.835. The van der Waals surface area contributed by atoms with Crippen LogP contribution in [0.25, 0.3) is 0 Å².